The summed E-state index contributed by atoms with van der Waals surface area (Å²) in [6, 6.07) is 15.3. The van der Waals surface area contributed by atoms with E-state index in [-0.39, 0.29) is 6.61 Å². The molecular formula is C22H29NO3. The van der Waals surface area contributed by atoms with Gasteiger partial charge in [-0.05, 0) is 54.8 Å². The molecule has 4 nitrogen and oxygen atoms in total. The highest BCUT2D eigenvalue weighted by Gasteiger charge is 2.28. The fourth-order valence-corrected chi connectivity index (χ4v) is 3.53. The van der Waals surface area contributed by atoms with Gasteiger partial charge in [-0.1, -0.05) is 18.2 Å². The van der Waals surface area contributed by atoms with Crippen molar-refractivity contribution in [1.82, 2.24) is 4.90 Å². The first-order chi connectivity index (χ1) is 12.6. The minimum Gasteiger partial charge on any atom is -0.497 e. The van der Waals surface area contributed by atoms with E-state index in [1.54, 1.807) is 7.11 Å². The number of benzene rings is 2. The number of aliphatic hydroxyl groups is 1. The summed E-state index contributed by atoms with van der Waals surface area (Å²) in [5.41, 5.74) is 4.01. The Hall–Kier alpha value is -2.04. The first-order valence-electron chi connectivity index (χ1n) is 9.37. The van der Waals surface area contributed by atoms with Crippen molar-refractivity contribution < 1.29 is 14.6 Å². The third-order valence-electron chi connectivity index (χ3n) is 5.10. The molecule has 0 saturated heterocycles. The van der Waals surface area contributed by atoms with Crippen LogP contribution in [0.25, 0.3) is 0 Å². The summed E-state index contributed by atoms with van der Waals surface area (Å²) in [6.45, 7) is 7.16. The van der Waals surface area contributed by atoms with Crippen LogP contribution in [0.15, 0.2) is 42.5 Å². The molecule has 0 aliphatic carbocycles. The van der Waals surface area contributed by atoms with Crippen LogP contribution in [0.1, 0.15) is 42.9 Å². The van der Waals surface area contributed by atoms with Crippen LogP contribution in [0.2, 0.25) is 0 Å². The summed E-state index contributed by atoms with van der Waals surface area (Å²) >= 11 is 0. The van der Waals surface area contributed by atoms with Gasteiger partial charge >= 0.3 is 0 Å². The standard InChI is InChI=1S/C22H29NO3/c1-16(2)23-14-18-13-20(26-12-4-11-24)9-10-21(18)22(15-23)17-5-7-19(25-3)8-6-17/h5-10,13,16,22,24H,4,11-12,14-15H2,1-3H3. The first kappa shape index (κ1) is 18.7. The van der Waals surface area contributed by atoms with Crippen LogP contribution in [0.3, 0.4) is 0 Å². The molecule has 0 saturated carbocycles. The van der Waals surface area contributed by atoms with Crippen LogP contribution in [0.5, 0.6) is 11.5 Å². The molecule has 2 aromatic rings. The molecular weight excluding hydrogens is 326 g/mol. The maximum Gasteiger partial charge on any atom is 0.119 e. The number of fused-ring (bicyclic) bond motifs is 1. The molecule has 2 aromatic carbocycles. The van der Waals surface area contributed by atoms with Crippen LogP contribution in [0.4, 0.5) is 0 Å². The Morgan fingerprint density at radius 2 is 1.85 bits per heavy atom. The quantitative estimate of drug-likeness (QED) is 0.767. The smallest absolute Gasteiger partial charge is 0.119 e. The second-order valence-corrected chi connectivity index (χ2v) is 7.14. The number of hydrogen-bond donors (Lipinski definition) is 1. The molecule has 26 heavy (non-hydrogen) atoms. The summed E-state index contributed by atoms with van der Waals surface area (Å²) < 4.78 is 11.1. The molecule has 0 aromatic heterocycles. The number of ether oxygens (including phenoxy) is 2. The maximum absolute atomic E-state index is 8.93. The fourth-order valence-electron chi connectivity index (χ4n) is 3.53. The van der Waals surface area contributed by atoms with Gasteiger partial charge in [0.2, 0.25) is 0 Å². The van der Waals surface area contributed by atoms with Gasteiger partial charge in [0.25, 0.3) is 0 Å². The van der Waals surface area contributed by atoms with Gasteiger partial charge in [-0.15, -0.1) is 0 Å². The summed E-state index contributed by atoms with van der Waals surface area (Å²) in [6.07, 6.45) is 0.656. The maximum atomic E-state index is 8.93. The van der Waals surface area contributed by atoms with E-state index < -0.39 is 0 Å². The second-order valence-electron chi connectivity index (χ2n) is 7.14. The number of nitrogens with zero attached hydrogens (tertiary/aromatic N) is 1. The van der Waals surface area contributed by atoms with E-state index in [9.17, 15) is 0 Å². The molecule has 1 N–H and O–H groups in total. The van der Waals surface area contributed by atoms with E-state index in [0.29, 0.717) is 25.0 Å². The van der Waals surface area contributed by atoms with Gasteiger partial charge in [-0.25, -0.2) is 0 Å². The summed E-state index contributed by atoms with van der Waals surface area (Å²) in [5, 5.41) is 8.93. The van der Waals surface area contributed by atoms with Crippen LogP contribution >= 0.6 is 0 Å². The highest BCUT2D eigenvalue weighted by atomic mass is 16.5. The van der Waals surface area contributed by atoms with Crippen LogP contribution < -0.4 is 9.47 Å². The minimum absolute atomic E-state index is 0.158. The van der Waals surface area contributed by atoms with E-state index in [1.165, 1.54) is 16.7 Å². The molecule has 4 heteroatoms. The van der Waals surface area contributed by atoms with E-state index in [4.69, 9.17) is 14.6 Å². The number of rotatable bonds is 7. The van der Waals surface area contributed by atoms with Crippen LogP contribution in [-0.2, 0) is 6.54 Å². The monoisotopic (exact) mass is 355 g/mol. The molecule has 1 heterocycles. The lowest BCUT2D eigenvalue weighted by Gasteiger charge is -2.37. The van der Waals surface area contributed by atoms with Gasteiger partial charge in [0.05, 0.1) is 13.7 Å². The predicted octanol–water partition coefficient (Wildman–Crippen LogP) is 3.81. The Balaban J connectivity index is 1.90. The van der Waals surface area contributed by atoms with Crippen LogP contribution in [-0.4, -0.2) is 42.9 Å². The SMILES string of the molecule is COc1ccc(C2CN(C(C)C)Cc3cc(OCCCO)ccc32)cc1. The van der Waals surface area contributed by atoms with Crippen LogP contribution in [0, 0.1) is 0 Å². The van der Waals surface area contributed by atoms with Crippen molar-refractivity contribution in [2.45, 2.75) is 38.8 Å². The minimum atomic E-state index is 0.158. The van der Waals surface area contributed by atoms with E-state index in [1.807, 2.05) is 12.1 Å². The van der Waals surface area contributed by atoms with E-state index in [2.05, 4.69) is 49.1 Å². The zero-order valence-electron chi connectivity index (χ0n) is 15.9. The highest BCUT2D eigenvalue weighted by Crippen LogP contribution is 2.36. The zero-order chi connectivity index (χ0) is 18.5. The average Bonchev–Trinajstić information content (AvgIpc) is 2.67. The van der Waals surface area contributed by atoms with Crippen molar-refractivity contribution in [2.24, 2.45) is 0 Å². The molecule has 0 spiro atoms. The van der Waals surface area contributed by atoms with Gasteiger partial charge in [0.1, 0.15) is 11.5 Å². The normalized spacial score (nSPS) is 17.2. The number of aliphatic hydroxyl groups excluding tert-OH is 1. The molecule has 1 aliphatic rings. The third kappa shape index (κ3) is 4.19. The lowest BCUT2D eigenvalue weighted by Crippen LogP contribution is -2.38. The Morgan fingerprint density at radius 1 is 1.12 bits per heavy atom. The lowest BCUT2D eigenvalue weighted by atomic mass is 9.84. The van der Waals surface area contributed by atoms with Gasteiger partial charge in [0, 0.05) is 38.1 Å². The van der Waals surface area contributed by atoms with Gasteiger partial charge in [0.15, 0.2) is 0 Å². The molecule has 1 aliphatic heterocycles. The number of methoxy groups -OCH3 is 1. The van der Waals surface area contributed by atoms with Gasteiger partial charge in [-0.2, -0.15) is 0 Å². The zero-order valence-corrected chi connectivity index (χ0v) is 15.9. The topological polar surface area (TPSA) is 41.9 Å². The van der Waals surface area contributed by atoms with Gasteiger partial charge in [-0.3, -0.25) is 4.90 Å². The summed E-state index contributed by atoms with van der Waals surface area (Å²) in [4.78, 5) is 2.51. The van der Waals surface area contributed by atoms with Gasteiger partial charge < -0.3 is 14.6 Å². The fraction of sp³-hybridized carbons (Fsp3) is 0.455. The van der Waals surface area contributed by atoms with E-state index in [0.717, 1.165) is 24.6 Å². The molecule has 0 amide bonds. The molecule has 1 unspecified atom stereocenters. The predicted molar refractivity (Wildman–Crippen MR) is 104 cm³/mol. The summed E-state index contributed by atoms with van der Waals surface area (Å²) in [7, 11) is 1.70. The summed E-state index contributed by atoms with van der Waals surface area (Å²) in [5.74, 6) is 2.12. The Kier molecular flexibility index (Phi) is 6.17. The van der Waals surface area contributed by atoms with E-state index >= 15 is 0 Å². The molecule has 3 rings (SSSR count). The van der Waals surface area contributed by atoms with Crippen molar-refractivity contribution in [2.75, 3.05) is 26.9 Å². The molecule has 0 radical (unpaired) electrons. The molecule has 1 atom stereocenters. The van der Waals surface area contributed by atoms with Crippen molar-refractivity contribution >= 4 is 0 Å². The third-order valence-corrected chi connectivity index (χ3v) is 5.10. The number of hydrogen-bond acceptors (Lipinski definition) is 4. The second kappa shape index (κ2) is 8.56. The average molecular weight is 355 g/mol. The Bertz CT molecular complexity index is 712. The van der Waals surface area contributed by atoms with Crippen molar-refractivity contribution in [3.63, 3.8) is 0 Å². The molecule has 0 bridgehead atoms. The lowest BCUT2D eigenvalue weighted by molar-refractivity contribution is 0.191. The Morgan fingerprint density at radius 3 is 2.50 bits per heavy atom. The largest absolute Gasteiger partial charge is 0.497 e. The Labute approximate surface area is 156 Å². The van der Waals surface area contributed by atoms with Crippen molar-refractivity contribution in [1.29, 1.82) is 0 Å². The highest BCUT2D eigenvalue weighted by molar-refractivity contribution is 5.45. The molecule has 0 fully saturated rings. The van der Waals surface area contributed by atoms with Crippen molar-refractivity contribution in [3.8, 4) is 11.5 Å². The molecule has 140 valence electrons. The first-order valence-corrected chi connectivity index (χ1v) is 9.37. The van der Waals surface area contributed by atoms with Crippen molar-refractivity contribution in [3.05, 3.63) is 59.2 Å².